The molecule has 4 atom stereocenters. The maximum absolute atomic E-state index is 12.2. The first-order valence-corrected chi connectivity index (χ1v) is 10.9. The van der Waals surface area contributed by atoms with Crippen molar-refractivity contribution in [3.8, 4) is 11.5 Å². The normalized spacial score (nSPS) is 26.4. The topological polar surface area (TPSA) is 71.6 Å². The van der Waals surface area contributed by atoms with E-state index in [4.69, 9.17) is 9.47 Å². The van der Waals surface area contributed by atoms with E-state index in [2.05, 4.69) is 54.3 Å². The van der Waals surface area contributed by atoms with E-state index in [0.29, 0.717) is 18.1 Å². The van der Waals surface area contributed by atoms with Crippen molar-refractivity contribution >= 4 is 17.7 Å². The summed E-state index contributed by atoms with van der Waals surface area (Å²) in [4.78, 5) is 12.2. The number of rotatable bonds is 5. The minimum Gasteiger partial charge on any atom is -0.493 e. The summed E-state index contributed by atoms with van der Waals surface area (Å²) in [6.45, 7) is 4.67. The van der Waals surface area contributed by atoms with E-state index in [-0.39, 0.29) is 29.3 Å². The molecule has 0 saturated carbocycles. The fourth-order valence-electron chi connectivity index (χ4n) is 4.09. The number of nitrogens with one attached hydrogen (secondary N) is 3. The lowest BCUT2D eigenvalue weighted by atomic mass is 9.90. The van der Waals surface area contributed by atoms with Gasteiger partial charge in [-0.2, -0.15) is 0 Å². The quantitative estimate of drug-likeness (QED) is 0.700. The first-order chi connectivity index (χ1) is 14.1. The Bertz CT molecular complexity index is 891. The van der Waals surface area contributed by atoms with Crippen molar-refractivity contribution in [2.75, 3.05) is 12.9 Å². The van der Waals surface area contributed by atoms with Crippen molar-refractivity contribution in [1.82, 2.24) is 16.2 Å². The molecule has 0 spiro atoms. The number of carbonyl (C=O) groups is 1. The van der Waals surface area contributed by atoms with E-state index in [1.807, 2.05) is 18.2 Å². The predicted molar refractivity (Wildman–Crippen MR) is 115 cm³/mol. The van der Waals surface area contributed by atoms with Crippen LogP contribution in [0.4, 0.5) is 0 Å². The van der Waals surface area contributed by atoms with Crippen molar-refractivity contribution in [3.63, 3.8) is 0 Å². The number of hydrazine groups is 1. The second kappa shape index (κ2) is 8.65. The van der Waals surface area contributed by atoms with Gasteiger partial charge in [0.2, 0.25) is 5.91 Å². The van der Waals surface area contributed by atoms with Crippen LogP contribution in [0.1, 0.15) is 28.9 Å². The van der Waals surface area contributed by atoms with E-state index < -0.39 is 0 Å². The summed E-state index contributed by atoms with van der Waals surface area (Å²) < 4.78 is 12.0. The average Bonchev–Trinajstić information content (AvgIpc) is 2.97. The molecule has 0 aromatic heterocycles. The molecule has 2 fully saturated rings. The molecule has 2 aromatic rings. The number of aryl methyl sites for hydroxylation is 1. The van der Waals surface area contributed by atoms with E-state index >= 15 is 0 Å². The van der Waals surface area contributed by atoms with Gasteiger partial charge in [0.1, 0.15) is 6.61 Å². The second-order valence-corrected chi connectivity index (χ2v) is 8.72. The molecule has 2 saturated heterocycles. The van der Waals surface area contributed by atoms with Crippen molar-refractivity contribution in [1.29, 1.82) is 0 Å². The van der Waals surface area contributed by atoms with Crippen LogP contribution in [-0.2, 0) is 11.4 Å². The molecule has 0 bridgehead atoms. The number of thioether (sulfide) groups is 1. The van der Waals surface area contributed by atoms with Gasteiger partial charge in [-0.25, -0.2) is 5.43 Å². The second-order valence-electron chi connectivity index (χ2n) is 7.59. The molecule has 6 nitrogen and oxygen atoms in total. The molecule has 2 heterocycles. The van der Waals surface area contributed by atoms with Gasteiger partial charge in [0, 0.05) is 22.8 Å². The highest BCUT2D eigenvalue weighted by atomic mass is 32.2. The fourth-order valence-corrected chi connectivity index (χ4v) is 5.48. The molecule has 0 aliphatic carbocycles. The minimum absolute atomic E-state index is 0.0426. The summed E-state index contributed by atoms with van der Waals surface area (Å²) in [5.74, 6) is 2.10. The Balaban J connectivity index is 1.68. The van der Waals surface area contributed by atoms with Crippen LogP contribution in [0.5, 0.6) is 11.5 Å². The van der Waals surface area contributed by atoms with Crippen LogP contribution in [0, 0.1) is 12.8 Å². The molecule has 154 valence electrons. The molecule has 2 aliphatic heterocycles. The van der Waals surface area contributed by atoms with Gasteiger partial charge in [-0.1, -0.05) is 42.0 Å². The van der Waals surface area contributed by atoms with Crippen molar-refractivity contribution < 1.29 is 14.3 Å². The zero-order chi connectivity index (χ0) is 20.4. The van der Waals surface area contributed by atoms with Crippen LogP contribution < -0.4 is 25.6 Å². The Labute approximate surface area is 175 Å². The Kier molecular flexibility index (Phi) is 5.99. The third kappa shape index (κ3) is 4.22. The van der Waals surface area contributed by atoms with Crippen LogP contribution in [0.25, 0.3) is 0 Å². The summed E-state index contributed by atoms with van der Waals surface area (Å²) in [6.07, 6.45) is -0.117. The largest absolute Gasteiger partial charge is 0.493 e. The molecule has 29 heavy (non-hydrogen) atoms. The van der Waals surface area contributed by atoms with E-state index in [9.17, 15) is 4.79 Å². The van der Waals surface area contributed by atoms with Crippen molar-refractivity contribution in [3.05, 3.63) is 59.2 Å². The summed E-state index contributed by atoms with van der Waals surface area (Å²) in [7, 11) is 1.66. The first kappa shape index (κ1) is 20.1. The van der Waals surface area contributed by atoms with Gasteiger partial charge < -0.3 is 14.8 Å². The van der Waals surface area contributed by atoms with Crippen LogP contribution in [0.15, 0.2) is 42.5 Å². The van der Waals surface area contributed by atoms with Crippen molar-refractivity contribution in [2.24, 2.45) is 5.92 Å². The van der Waals surface area contributed by atoms with E-state index in [1.54, 1.807) is 18.9 Å². The highest BCUT2D eigenvalue weighted by Crippen LogP contribution is 2.47. The molecular formula is C22H27N3O3S. The zero-order valence-electron chi connectivity index (χ0n) is 16.9. The van der Waals surface area contributed by atoms with Crippen molar-refractivity contribution in [2.45, 2.75) is 37.9 Å². The lowest BCUT2D eigenvalue weighted by Gasteiger charge is -2.29. The molecule has 1 amide bonds. The predicted octanol–water partition coefficient (Wildman–Crippen LogP) is 2.93. The SMILES string of the molecule is COc1cccc(C2SCC(=O)NC3NNC(C)C32)c1OCc1cccc(C)c1. The number of fused-ring (bicyclic) bond motifs is 1. The Morgan fingerprint density at radius 1 is 1.17 bits per heavy atom. The Hall–Kier alpha value is -2.22. The monoisotopic (exact) mass is 413 g/mol. The number of hydrogen-bond donors (Lipinski definition) is 3. The van der Waals surface area contributed by atoms with Crippen LogP contribution in [0.2, 0.25) is 0 Å². The van der Waals surface area contributed by atoms with Crippen LogP contribution in [0.3, 0.4) is 0 Å². The maximum atomic E-state index is 12.2. The summed E-state index contributed by atoms with van der Waals surface area (Å²) in [5.41, 5.74) is 9.87. The standard InChI is InChI=1S/C22H27N3O3S/c1-13-6-4-7-15(10-13)11-28-20-16(8-5-9-17(20)27-3)21-19-14(2)24-25-22(19)23-18(26)12-29-21/h4-10,14,19,21-22,24-25H,11-12H2,1-3H3,(H,23,26). The summed E-state index contributed by atoms with van der Waals surface area (Å²) >= 11 is 1.66. The lowest BCUT2D eigenvalue weighted by Crippen LogP contribution is -2.46. The van der Waals surface area contributed by atoms with Gasteiger partial charge in [0.05, 0.1) is 19.0 Å². The summed E-state index contributed by atoms with van der Waals surface area (Å²) in [6, 6.07) is 14.5. The van der Waals surface area contributed by atoms with E-state index in [1.165, 1.54) is 5.56 Å². The highest BCUT2D eigenvalue weighted by molar-refractivity contribution is 8.00. The van der Waals surface area contributed by atoms with Gasteiger partial charge >= 0.3 is 0 Å². The number of ether oxygens (including phenoxy) is 2. The summed E-state index contributed by atoms with van der Waals surface area (Å²) in [5, 5.41) is 3.16. The zero-order valence-corrected chi connectivity index (χ0v) is 17.7. The molecule has 0 radical (unpaired) electrons. The number of benzene rings is 2. The van der Waals surface area contributed by atoms with Gasteiger partial charge in [0.25, 0.3) is 0 Å². The van der Waals surface area contributed by atoms with Crippen LogP contribution >= 0.6 is 11.8 Å². The third-order valence-corrected chi connectivity index (χ3v) is 6.85. The molecule has 4 rings (SSSR count). The average molecular weight is 414 g/mol. The first-order valence-electron chi connectivity index (χ1n) is 9.84. The number of hydrogen-bond acceptors (Lipinski definition) is 6. The fraction of sp³-hybridized carbons (Fsp3) is 0.409. The van der Waals surface area contributed by atoms with Gasteiger partial charge in [-0.05, 0) is 25.5 Å². The smallest absolute Gasteiger partial charge is 0.231 e. The highest BCUT2D eigenvalue weighted by Gasteiger charge is 2.44. The van der Waals surface area contributed by atoms with E-state index in [0.717, 1.165) is 16.9 Å². The molecule has 3 N–H and O–H groups in total. The molecule has 2 aromatic carbocycles. The van der Waals surface area contributed by atoms with Gasteiger partial charge in [-0.3, -0.25) is 10.2 Å². The van der Waals surface area contributed by atoms with Gasteiger partial charge in [0.15, 0.2) is 11.5 Å². The number of para-hydroxylation sites is 1. The number of methoxy groups -OCH3 is 1. The molecule has 4 unspecified atom stereocenters. The third-order valence-electron chi connectivity index (χ3n) is 5.49. The Morgan fingerprint density at radius 3 is 2.79 bits per heavy atom. The molecule has 2 aliphatic rings. The van der Waals surface area contributed by atoms with Crippen LogP contribution in [-0.4, -0.2) is 31.0 Å². The van der Waals surface area contributed by atoms with Gasteiger partial charge in [-0.15, -0.1) is 11.8 Å². The Morgan fingerprint density at radius 2 is 2.00 bits per heavy atom. The number of amides is 1. The lowest BCUT2D eigenvalue weighted by molar-refractivity contribution is -0.119. The minimum atomic E-state index is -0.117. The number of carbonyl (C=O) groups excluding carboxylic acids is 1. The molecular weight excluding hydrogens is 386 g/mol. The maximum Gasteiger partial charge on any atom is 0.231 e. The molecule has 7 heteroatoms.